The highest BCUT2D eigenvalue weighted by Crippen LogP contribution is 2.34. The molecular formula is C15H23Cl2NO. The lowest BCUT2D eigenvalue weighted by molar-refractivity contribution is 0.242. The first kappa shape index (κ1) is 16.6. The number of ether oxygens (including phenoxy) is 1. The quantitative estimate of drug-likeness (QED) is 0.678. The lowest BCUT2D eigenvalue weighted by atomic mass is 10.2. The van der Waals surface area contributed by atoms with Crippen LogP contribution in [0.4, 0.5) is 0 Å². The maximum absolute atomic E-state index is 6.20. The van der Waals surface area contributed by atoms with Gasteiger partial charge in [0.15, 0.2) is 5.75 Å². The number of benzene rings is 1. The van der Waals surface area contributed by atoms with Crippen molar-refractivity contribution >= 4 is 23.2 Å². The summed E-state index contributed by atoms with van der Waals surface area (Å²) in [4.78, 5) is 0. The molecule has 0 unspecified atom stereocenters. The topological polar surface area (TPSA) is 21.3 Å². The fourth-order valence-corrected chi connectivity index (χ4v) is 2.42. The molecule has 0 radical (unpaired) electrons. The predicted molar refractivity (Wildman–Crippen MR) is 83.5 cm³/mol. The highest BCUT2D eigenvalue weighted by atomic mass is 35.5. The van der Waals surface area contributed by atoms with E-state index in [1.807, 2.05) is 26.0 Å². The van der Waals surface area contributed by atoms with Gasteiger partial charge in [-0.1, -0.05) is 43.0 Å². The van der Waals surface area contributed by atoms with E-state index in [0.717, 1.165) is 18.7 Å². The van der Waals surface area contributed by atoms with Crippen LogP contribution in [0.2, 0.25) is 10.0 Å². The molecule has 1 aromatic rings. The molecule has 0 fully saturated rings. The molecule has 0 aliphatic carbocycles. The van der Waals surface area contributed by atoms with Crippen LogP contribution in [0.1, 0.15) is 45.6 Å². The van der Waals surface area contributed by atoms with Gasteiger partial charge in [-0.2, -0.15) is 0 Å². The monoisotopic (exact) mass is 303 g/mol. The molecule has 0 heterocycles. The third-order valence-corrected chi connectivity index (χ3v) is 3.26. The van der Waals surface area contributed by atoms with Crippen LogP contribution in [-0.2, 0) is 6.54 Å². The summed E-state index contributed by atoms with van der Waals surface area (Å²) in [6.07, 6.45) is 3.76. The van der Waals surface area contributed by atoms with Gasteiger partial charge in [-0.3, -0.25) is 0 Å². The zero-order valence-corrected chi connectivity index (χ0v) is 13.4. The summed E-state index contributed by atoms with van der Waals surface area (Å²) in [5.41, 5.74) is 1.09. The van der Waals surface area contributed by atoms with E-state index in [2.05, 4.69) is 12.2 Å². The Morgan fingerprint density at radius 2 is 1.79 bits per heavy atom. The Morgan fingerprint density at radius 3 is 2.32 bits per heavy atom. The number of halogens is 2. The van der Waals surface area contributed by atoms with Gasteiger partial charge >= 0.3 is 0 Å². The van der Waals surface area contributed by atoms with Crippen LogP contribution in [0.25, 0.3) is 0 Å². The molecular weight excluding hydrogens is 281 g/mol. The van der Waals surface area contributed by atoms with Crippen molar-refractivity contribution in [1.82, 2.24) is 5.32 Å². The van der Waals surface area contributed by atoms with Crippen molar-refractivity contribution in [2.24, 2.45) is 0 Å². The van der Waals surface area contributed by atoms with Crippen molar-refractivity contribution in [3.05, 3.63) is 27.7 Å². The number of nitrogens with one attached hydrogen (secondary N) is 1. The Labute approximate surface area is 126 Å². The van der Waals surface area contributed by atoms with Gasteiger partial charge in [0.25, 0.3) is 0 Å². The van der Waals surface area contributed by atoms with Gasteiger partial charge in [0.2, 0.25) is 0 Å². The van der Waals surface area contributed by atoms with Crippen molar-refractivity contribution in [2.45, 2.75) is 52.7 Å². The number of rotatable bonds is 8. The SMILES string of the molecule is CCCCCNCc1cc(Cl)c(OC(C)C)c(Cl)c1. The van der Waals surface area contributed by atoms with E-state index >= 15 is 0 Å². The van der Waals surface area contributed by atoms with E-state index < -0.39 is 0 Å². The number of hydrogen-bond donors (Lipinski definition) is 1. The Balaban J connectivity index is 2.57. The van der Waals surface area contributed by atoms with Crippen LogP contribution < -0.4 is 10.1 Å². The first-order valence-electron chi connectivity index (χ1n) is 6.89. The van der Waals surface area contributed by atoms with Crippen LogP contribution in [0.15, 0.2) is 12.1 Å². The van der Waals surface area contributed by atoms with Crippen LogP contribution in [0.5, 0.6) is 5.75 Å². The van der Waals surface area contributed by atoms with Gasteiger partial charge in [-0.25, -0.2) is 0 Å². The maximum atomic E-state index is 6.20. The minimum Gasteiger partial charge on any atom is -0.488 e. The molecule has 19 heavy (non-hydrogen) atoms. The predicted octanol–water partition coefficient (Wildman–Crippen LogP) is 5.06. The van der Waals surface area contributed by atoms with E-state index in [0.29, 0.717) is 15.8 Å². The zero-order valence-electron chi connectivity index (χ0n) is 11.9. The summed E-state index contributed by atoms with van der Waals surface area (Å²) in [6.45, 7) is 7.91. The molecule has 1 rings (SSSR count). The molecule has 0 bridgehead atoms. The van der Waals surface area contributed by atoms with Crippen molar-refractivity contribution < 1.29 is 4.74 Å². The molecule has 0 aliphatic heterocycles. The molecule has 0 amide bonds. The summed E-state index contributed by atoms with van der Waals surface area (Å²) in [5.74, 6) is 0.577. The van der Waals surface area contributed by atoms with Gasteiger partial charge in [0.05, 0.1) is 16.1 Å². The Bertz CT molecular complexity index is 371. The van der Waals surface area contributed by atoms with Crippen LogP contribution in [0.3, 0.4) is 0 Å². The van der Waals surface area contributed by atoms with E-state index in [4.69, 9.17) is 27.9 Å². The van der Waals surface area contributed by atoms with Gasteiger partial charge in [0.1, 0.15) is 0 Å². The van der Waals surface area contributed by atoms with E-state index in [-0.39, 0.29) is 6.10 Å². The second kappa shape index (κ2) is 8.68. The van der Waals surface area contributed by atoms with Crippen molar-refractivity contribution in [3.8, 4) is 5.75 Å². The van der Waals surface area contributed by atoms with Crippen molar-refractivity contribution in [2.75, 3.05) is 6.54 Å². The third kappa shape index (κ3) is 6.03. The first-order chi connectivity index (χ1) is 9.04. The number of unbranched alkanes of at least 4 members (excludes halogenated alkanes) is 2. The normalized spacial score (nSPS) is 11.1. The average Bonchev–Trinajstić information content (AvgIpc) is 2.33. The minimum atomic E-state index is 0.0630. The highest BCUT2D eigenvalue weighted by Gasteiger charge is 2.11. The van der Waals surface area contributed by atoms with E-state index in [9.17, 15) is 0 Å². The molecule has 0 saturated heterocycles. The second-order valence-electron chi connectivity index (χ2n) is 4.94. The summed E-state index contributed by atoms with van der Waals surface area (Å²) in [7, 11) is 0. The van der Waals surface area contributed by atoms with Gasteiger partial charge in [-0.05, 0) is 44.5 Å². The fraction of sp³-hybridized carbons (Fsp3) is 0.600. The molecule has 0 atom stereocenters. The summed E-state index contributed by atoms with van der Waals surface area (Å²) in [6, 6.07) is 3.83. The maximum Gasteiger partial charge on any atom is 0.156 e. The average molecular weight is 304 g/mol. The lowest BCUT2D eigenvalue weighted by Crippen LogP contribution is -2.14. The van der Waals surface area contributed by atoms with Gasteiger partial charge < -0.3 is 10.1 Å². The smallest absolute Gasteiger partial charge is 0.156 e. The Morgan fingerprint density at radius 1 is 1.16 bits per heavy atom. The van der Waals surface area contributed by atoms with Crippen LogP contribution in [-0.4, -0.2) is 12.6 Å². The number of hydrogen-bond acceptors (Lipinski definition) is 2. The molecule has 0 saturated carbocycles. The molecule has 108 valence electrons. The molecule has 1 N–H and O–H groups in total. The highest BCUT2D eigenvalue weighted by molar-refractivity contribution is 6.37. The molecule has 0 aliphatic rings. The van der Waals surface area contributed by atoms with Gasteiger partial charge in [0, 0.05) is 6.54 Å². The first-order valence-corrected chi connectivity index (χ1v) is 7.65. The Kier molecular flexibility index (Phi) is 7.59. The Hall–Kier alpha value is -0.440. The third-order valence-electron chi connectivity index (χ3n) is 2.70. The zero-order chi connectivity index (χ0) is 14.3. The van der Waals surface area contributed by atoms with E-state index in [1.165, 1.54) is 19.3 Å². The fourth-order valence-electron chi connectivity index (χ4n) is 1.80. The lowest BCUT2D eigenvalue weighted by Gasteiger charge is -2.14. The molecule has 1 aromatic carbocycles. The van der Waals surface area contributed by atoms with Crippen molar-refractivity contribution in [1.29, 1.82) is 0 Å². The summed E-state index contributed by atoms with van der Waals surface area (Å²) in [5, 5.41) is 4.54. The second-order valence-corrected chi connectivity index (χ2v) is 5.75. The van der Waals surface area contributed by atoms with Gasteiger partial charge in [-0.15, -0.1) is 0 Å². The molecule has 0 spiro atoms. The molecule has 0 aromatic heterocycles. The van der Waals surface area contributed by atoms with E-state index in [1.54, 1.807) is 0 Å². The molecule has 2 nitrogen and oxygen atoms in total. The summed E-state index contributed by atoms with van der Waals surface area (Å²) < 4.78 is 5.60. The largest absolute Gasteiger partial charge is 0.488 e. The minimum absolute atomic E-state index is 0.0630. The van der Waals surface area contributed by atoms with Crippen LogP contribution >= 0.6 is 23.2 Å². The van der Waals surface area contributed by atoms with Crippen molar-refractivity contribution in [3.63, 3.8) is 0 Å². The van der Waals surface area contributed by atoms with Crippen LogP contribution in [0, 0.1) is 0 Å². The summed E-state index contributed by atoms with van der Waals surface area (Å²) >= 11 is 12.4. The molecule has 4 heteroatoms. The standard InChI is InChI=1S/C15H23Cl2NO/c1-4-5-6-7-18-10-12-8-13(16)15(14(17)9-12)19-11(2)3/h8-9,11,18H,4-7,10H2,1-3H3.